The lowest BCUT2D eigenvalue weighted by Crippen LogP contribution is -2.33. The zero-order valence-corrected chi connectivity index (χ0v) is 15.3. The second-order valence-electron chi connectivity index (χ2n) is 5.09. The number of rotatable bonds is 6. The van der Waals surface area contributed by atoms with E-state index in [-0.39, 0.29) is 15.6 Å². The Morgan fingerprint density at radius 2 is 1.67 bits per heavy atom. The molecule has 0 bridgehead atoms. The Kier molecular flexibility index (Phi) is 6.25. The van der Waals surface area contributed by atoms with Gasteiger partial charge in [0.05, 0.1) is 14.9 Å². The third kappa shape index (κ3) is 5.73. The Bertz CT molecular complexity index is 949. The Morgan fingerprint density at radius 3 is 2.15 bits per heavy atom. The first-order chi connectivity index (χ1) is 12.4. The number of hydrogen-bond acceptors (Lipinski definition) is 4. The maximum absolute atomic E-state index is 12.4. The number of halogens is 5. The highest BCUT2D eigenvalue weighted by Gasteiger charge is 2.31. The molecule has 0 fully saturated rings. The van der Waals surface area contributed by atoms with Crippen molar-refractivity contribution in [3.8, 4) is 5.75 Å². The predicted octanol–water partition coefficient (Wildman–Crippen LogP) is 4.00. The van der Waals surface area contributed by atoms with Crippen LogP contribution in [0.15, 0.2) is 47.4 Å². The van der Waals surface area contributed by atoms with Gasteiger partial charge in [0.15, 0.2) is 0 Å². The molecule has 1 atom stereocenters. The second kappa shape index (κ2) is 7.93. The fourth-order valence-electron chi connectivity index (χ4n) is 2.00. The van der Waals surface area contributed by atoms with Crippen LogP contribution in [-0.2, 0) is 14.8 Å². The molecule has 0 heterocycles. The smallest absolute Gasteiger partial charge is 0.480 e. The van der Waals surface area contributed by atoms with Crippen molar-refractivity contribution in [1.82, 2.24) is 4.72 Å². The monoisotopic (exact) mass is 443 g/mol. The summed E-state index contributed by atoms with van der Waals surface area (Å²) in [6.07, 6.45) is -4.93. The minimum Gasteiger partial charge on any atom is -0.480 e. The average Bonchev–Trinajstić information content (AvgIpc) is 2.54. The van der Waals surface area contributed by atoms with Crippen LogP contribution < -0.4 is 9.46 Å². The molecule has 0 aromatic heterocycles. The minimum atomic E-state index is -4.93. The molecule has 0 saturated carbocycles. The number of sulfonamides is 1. The maximum Gasteiger partial charge on any atom is 0.573 e. The molecule has 27 heavy (non-hydrogen) atoms. The topological polar surface area (TPSA) is 92.7 Å². The second-order valence-corrected chi connectivity index (χ2v) is 7.61. The lowest BCUT2D eigenvalue weighted by Gasteiger charge is -2.16. The third-order valence-corrected chi connectivity index (χ3v) is 5.34. The zero-order chi connectivity index (χ0) is 20.4. The summed E-state index contributed by atoms with van der Waals surface area (Å²) >= 11 is 11.6. The summed E-state index contributed by atoms with van der Waals surface area (Å²) in [5.41, 5.74) is 0.0116. The van der Waals surface area contributed by atoms with Crippen molar-refractivity contribution in [3.05, 3.63) is 58.1 Å². The van der Waals surface area contributed by atoms with E-state index in [0.29, 0.717) is 0 Å². The van der Waals surface area contributed by atoms with Gasteiger partial charge in [-0.25, -0.2) is 8.42 Å². The highest BCUT2D eigenvalue weighted by atomic mass is 35.5. The molecule has 2 aromatic carbocycles. The summed E-state index contributed by atoms with van der Waals surface area (Å²) in [6.45, 7) is 0. The van der Waals surface area contributed by atoms with Crippen LogP contribution in [0.5, 0.6) is 5.75 Å². The third-order valence-electron chi connectivity index (χ3n) is 3.16. The van der Waals surface area contributed by atoms with Gasteiger partial charge in [0.1, 0.15) is 11.8 Å². The number of ether oxygens (including phenoxy) is 1. The Hall–Kier alpha value is -2.01. The molecule has 2 aromatic rings. The Morgan fingerprint density at radius 1 is 1.07 bits per heavy atom. The molecule has 0 saturated heterocycles. The lowest BCUT2D eigenvalue weighted by atomic mass is 10.1. The molecule has 12 heteroatoms. The summed E-state index contributed by atoms with van der Waals surface area (Å²) in [5.74, 6) is -2.14. The van der Waals surface area contributed by atoms with Crippen LogP contribution in [0.1, 0.15) is 11.6 Å². The van der Waals surface area contributed by atoms with Gasteiger partial charge >= 0.3 is 12.3 Å². The predicted molar refractivity (Wildman–Crippen MR) is 90.3 cm³/mol. The number of aliphatic carboxylic acids is 1. The summed E-state index contributed by atoms with van der Waals surface area (Å²) in [4.78, 5) is 11.0. The fourth-order valence-corrected chi connectivity index (χ4v) is 3.48. The first kappa shape index (κ1) is 21.3. The molecule has 0 unspecified atom stereocenters. The van der Waals surface area contributed by atoms with Crippen LogP contribution in [0.25, 0.3) is 0 Å². The average molecular weight is 444 g/mol. The van der Waals surface area contributed by atoms with Gasteiger partial charge in [-0.1, -0.05) is 29.3 Å². The van der Waals surface area contributed by atoms with E-state index in [1.54, 1.807) is 0 Å². The van der Waals surface area contributed by atoms with Gasteiger partial charge in [0.2, 0.25) is 10.0 Å². The number of alkyl halides is 3. The van der Waals surface area contributed by atoms with Gasteiger partial charge in [-0.05, 0) is 42.0 Å². The van der Waals surface area contributed by atoms with E-state index in [0.717, 1.165) is 24.3 Å². The normalized spacial score (nSPS) is 13.2. The van der Waals surface area contributed by atoms with Crippen molar-refractivity contribution in [2.24, 2.45) is 0 Å². The Balaban J connectivity index is 2.29. The van der Waals surface area contributed by atoms with Crippen LogP contribution in [0.3, 0.4) is 0 Å². The largest absolute Gasteiger partial charge is 0.573 e. The van der Waals surface area contributed by atoms with E-state index >= 15 is 0 Å². The van der Waals surface area contributed by atoms with Crippen molar-refractivity contribution in [2.75, 3.05) is 0 Å². The first-order valence-electron chi connectivity index (χ1n) is 6.95. The molecule has 2 rings (SSSR count). The number of carboxylic acid groups (broad SMARTS) is 1. The van der Waals surface area contributed by atoms with E-state index in [1.165, 1.54) is 18.2 Å². The number of nitrogens with one attached hydrogen (secondary N) is 1. The van der Waals surface area contributed by atoms with Gasteiger partial charge in [-0.15, -0.1) is 13.2 Å². The van der Waals surface area contributed by atoms with Gasteiger partial charge in [0.25, 0.3) is 0 Å². The number of benzene rings is 2. The molecule has 0 aliphatic heterocycles. The molecule has 0 radical (unpaired) electrons. The number of carbonyl (C=O) groups is 1. The maximum atomic E-state index is 12.4. The molecule has 0 spiro atoms. The summed E-state index contributed by atoms with van der Waals surface area (Å²) in [5, 5.41) is 9.49. The van der Waals surface area contributed by atoms with E-state index in [2.05, 4.69) is 4.74 Å². The molecule has 6 nitrogen and oxygen atoms in total. The molecule has 0 amide bonds. The zero-order valence-electron chi connectivity index (χ0n) is 13.0. The molecule has 2 N–H and O–H groups in total. The summed E-state index contributed by atoms with van der Waals surface area (Å²) < 4.78 is 66.8. The van der Waals surface area contributed by atoms with Crippen molar-refractivity contribution >= 4 is 39.2 Å². The van der Waals surface area contributed by atoms with Crippen molar-refractivity contribution in [2.45, 2.75) is 17.3 Å². The SMILES string of the molecule is O=C(O)[C@H](NS(=O)(=O)c1ccc(OC(F)(F)F)cc1)c1ccc(Cl)c(Cl)c1. The number of hydrogen-bond donors (Lipinski definition) is 2. The highest BCUT2D eigenvalue weighted by molar-refractivity contribution is 7.89. The van der Waals surface area contributed by atoms with Gasteiger partial charge in [-0.2, -0.15) is 4.72 Å². The first-order valence-corrected chi connectivity index (χ1v) is 9.19. The summed E-state index contributed by atoms with van der Waals surface area (Å²) in [7, 11) is -4.38. The van der Waals surface area contributed by atoms with Crippen LogP contribution in [0, 0.1) is 0 Å². The molecule has 0 aliphatic rings. The standard InChI is InChI=1S/C15H10Cl2F3NO5S/c16-11-6-1-8(7-12(11)17)13(14(22)23)21-27(24,25)10-4-2-9(3-5-10)26-15(18,19)20/h1-7,13,21H,(H,22,23)/t13-/m1/s1. The van der Waals surface area contributed by atoms with Crippen molar-refractivity contribution in [3.63, 3.8) is 0 Å². The molecule has 0 aliphatic carbocycles. The fraction of sp³-hybridized carbons (Fsp3) is 0.133. The van der Waals surface area contributed by atoms with Gasteiger partial charge in [0, 0.05) is 0 Å². The lowest BCUT2D eigenvalue weighted by molar-refractivity contribution is -0.274. The van der Waals surface area contributed by atoms with Crippen LogP contribution in [0.2, 0.25) is 10.0 Å². The molecular weight excluding hydrogens is 434 g/mol. The molecular formula is C15H10Cl2F3NO5S. The van der Waals surface area contributed by atoms with Gasteiger partial charge in [-0.3, -0.25) is 4.79 Å². The van der Waals surface area contributed by atoms with Gasteiger partial charge < -0.3 is 9.84 Å². The Labute approximate surface area is 161 Å². The van der Waals surface area contributed by atoms with E-state index in [4.69, 9.17) is 23.2 Å². The van der Waals surface area contributed by atoms with E-state index < -0.39 is 39.0 Å². The molecule has 146 valence electrons. The van der Waals surface area contributed by atoms with Crippen LogP contribution in [0.4, 0.5) is 13.2 Å². The van der Waals surface area contributed by atoms with Crippen molar-refractivity contribution in [1.29, 1.82) is 0 Å². The minimum absolute atomic E-state index is 0.0116. The quantitative estimate of drug-likeness (QED) is 0.703. The van der Waals surface area contributed by atoms with E-state index in [9.17, 15) is 31.5 Å². The van der Waals surface area contributed by atoms with Crippen LogP contribution >= 0.6 is 23.2 Å². The highest BCUT2D eigenvalue weighted by Crippen LogP contribution is 2.28. The summed E-state index contributed by atoms with van der Waals surface area (Å²) in [6, 6.07) is 5.33. The van der Waals surface area contributed by atoms with Crippen LogP contribution in [-0.4, -0.2) is 25.9 Å². The number of carboxylic acids is 1. The van der Waals surface area contributed by atoms with E-state index in [1.807, 2.05) is 4.72 Å². The van der Waals surface area contributed by atoms with Crippen molar-refractivity contribution < 1.29 is 36.2 Å².